The van der Waals surface area contributed by atoms with Crippen LogP contribution < -0.4 is 10.2 Å². The molecule has 3 nitrogen and oxygen atoms in total. The molecule has 3 heteroatoms. The zero-order chi connectivity index (χ0) is 10.7. The van der Waals surface area contributed by atoms with E-state index in [1.54, 1.807) is 0 Å². The van der Waals surface area contributed by atoms with E-state index in [0.717, 1.165) is 12.4 Å². The van der Waals surface area contributed by atoms with Crippen molar-refractivity contribution >= 4 is 5.82 Å². The van der Waals surface area contributed by atoms with Crippen LogP contribution in [0.15, 0.2) is 18.3 Å². The van der Waals surface area contributed by atoms with Gasteiger partial charge in [-0.1, -0.05) is 6.07 Å². The average Bonchev–Trinajstić information content (AvgIpc) is 2.71. The molecule has 0 amide bonds. The first kappa shape index (κ1) is 10.4. The lowest BCUT2D eigenvalue weighted by molar-refractivity contribution is 0.597. The van der Waals surface area contributed by atoms with Gasteiger partial charge in [-0.25, -0.2) is 4.98 Å². The molecule has 1 fully saturated rings. The fourth-order valence-electron chi connectivity index (χ4n) is 2.02. The van der Waals surface area contributed by atoms with Crippen LogP contribution in [0.25, 0.3) is 0 Å². The van der Waals surface area contributed by atoms with Crippen molar-refractivity contribution in [1.82, 2.24) is 10.3 Å². The van der Waals surface area contributed by atoms with Crippen molar-refractivity contribution in [2.45, 2.75) is 25.8 Å². The van der Waals surface area contributed by atoms with Crippen LogP contribution in [-0.4, -0.2) is 31.2 Å². The molecule has 0 radical (unpaired) electrons. The van der Waals surface area contributed by atoms with Crippen molar-refractivity contribution in [3.63, 3.8) is 0 Å². The van der Waals surface area contributed by atoms with Crippen molar-refractivity contribution in [2.24, 2.45) is 0 Å². The molecule has 1 aromatic rings. The van der Waals surface area contributed by atoms with E-state index in [0.29, 0.717) is 6.04 Å². The maximum absolute atomic E-state index is 4.42. The Morgan fingerprint density at radius 1 is 1.53 bits per heavy atom. The minimum absolute atomic E-state index is 0.637. The second-order valence-electron chi connectivity index (χ2n) is 4.37. The van der Waals surface area contributed by atoms with Crippen molar-refractivity contribution in [3.8, 4) is 0 Å². The molecule has 0 aliphatic carbocycles. The number of anilines is 1. The molecule has 2 heterocycles. The lowest BCUT2D eigenvalue weighted by Crippen LogP contribution is -2.35. The Labute approximate surface area is 91.5 Å². The summed E-state index contributed by atoms with van der Waals surface area (Å²) < 4.78 is 0. The monoisotopic (exact) mass is 205 g/mol. The highest BCUT2D eigenvalue weighted by atomic mass is 15.2. The van der Waals surface area contributed by atoms with Gasteiger partial charge in [0.1, 0.15) is 5.82 Å². The summed E-state index contributed by atoms with van der Waals surface area (Å²) in [6.45, 7) is 4.28. The molecule has 1 N–H and O–H groups in total. The summed E-state index contributed by atoms with van der Waals surface area (Å²) in [5, 5.41) is 3.50. The molecule has 1 atom stereocenters. The van der Waals surface area contributed by atoms with Gasteiger partial charge in [0, 0.05) is 25.8 Å². The Balaban J connectivity index is 1.94. The molecule has 1 unspecified atom stereocenters. The number of rotatable bonds is 3. The van der Waals surface area contributed by atoms with Gasteiger partial charge in [0.05, 0.1) is 0 Å². The van der Waals surface area contributed by atoms with Crippen molar-refractivity contribution < 1.29 is 0 Å². The Morgan fingerprint density at radius 2 is 2.40 bits per heavy atom. The van der Waals surface area contributed by atoms with E-state index in [-0.39, 0.29) is 0 Å². The number of likely N-dealkylation sites (N-methyl/N-ethyl adjacent to an activating group) is 1. The summed E-state index contributed by atoms with van der Waals surface area (Å²) in [5.41, 5.74) is 1.21. The first-order valence-corrected chi connectivity index (χ1v) is 5.63. The van der Waals surface area contributed by atoms with E-state index in [9.17, 15) is 0 Å². The Bertz CT molecular complexity index is 301. The molecular weight excluding hydrogens is 186 g/mol. The number of nitrogens with one attached hydrogen (secondary N) is 1. The van der Waals surface area contributed by atoms with Crippen LogP contribution in [0.3, 0.4) is 0 Å². The standard InChI is InChI=1S/C12H19N3/c1-10-5-6-12(14-8-10)15(2)9-11-4-3-7-13-11/h5-6,8,11,13H,3-4,7,9H2,1-2H3. The minimum Gasteiger partial charge on any atom is -0.358 e. The summed E-state index contributed by atoms with van der Waals surface area (Å²) in [5.74, 6) is 1.06. The van der Waals surface area contributed by atoms with Crippen LogP contribution in [0.2, 0.25) is 0 Å². The average molecular weight is 205 g/mol. The smallest absolute Gasteiger partial charge is 0.128 e. The molecule has 15 heavy (non-hydrogen) atoms. The van der Waals surface area contributed by atoms with Gasteiger partial charge >= 0.3 is 0 Å². The van der Waals surface area contributed by atoms with Crippen LogP contribution >= 0.6 is 0 Å². The molecule has 82 valence electrons. The molecule has 2 rings (SSSR count). The maximum atomic E-state index is 4.42. The first-order chi connectivity index (χ1) is 7.25. The van der Waals surface area contributed by atoms with Gasteiger partial charge in [0.2, 0.25) is 0 Å². The van der Waals surface area contributed by atoms with E-state index in [1.165, 1.54) is 24.9 Å². The molecule has 1 aliphatic heterocycles. The van der Waals surface area contributed by atoms with E-state index >= 15 is 0 Å². The lowest BCUT2D eigenvalue weighted by atomic mass is 10.2. The van der Waals surface area contributed by atoms with E-state index < -0.39 is 0 Å². The Kier molecular flexibility index (Phi) is 3.21. The third-order valence-corrected chi connectivity index (χ3v) is 2.94. The van der Waals surface area contributed by atoms with Crippen LogP contribution in [0.1, 0.15) is 18.4 Å². The summed E-state index contributed by atoms with van der Waals surface area (Å²) in [7, 11) is 2.11. The number of nitrogens with zero attached hydrogens (tertiary/aromatic N) is 2. The van der Waals surface area contributed by atoms with Gasteiger partial charge in [0.15, 0.2) is 0 Å². The summed E-state index contributed by atoms with van der Waals surface area (Å²) in [6, 6.07) is 4.84. The zero-order valence-corrected chi connectivity index (χ0v) is 9.53. The van der Waals surface area contributed by atoms with E-state index in [1.807, 2.05) is 6.20 Å². The van der Waals surface area contributed by atoms with E-state index in [4.69, 9.17) is 0 Å². The van der Waals surface area contributed by atoms with Crippen molar-refractivity contribution in [2.75, 3.05) is 25.0 Å². The van der Waals surface area contributed by atoms with Crippen LogP contribution in [-0.2, 0) is 0 Å². The summed E-state index contributed by atoms with van der Waals surface area (Å²) in [6.07, 6.45) is 4.52. The van der Waals surface area contributed by atoms with Gasteiger partial charge in [-0.2, -0.15) is 0 Å². The maximum Gasteiger partial charge on any atom is 0.128 e. The minimum atomic E-state index is 0.637. The third-order valence-electron chi connectivity index (χ3n) is 2.94. The molecule has 0 bridgehead atoms. The fraction of sp³-hybridized carbons (Fsp3) is 0.583. The predicted molar refractivity (Wildman–Crippen MR) is 63.3 cm³/mol. The zero-order valence-electron chi connectivity index (χ0n) is 9.53. The van der Waals surface area contributed by atoms with E-state index in [2.05, 4.69) is 41.3 Å². The second kappa shape index (κ2) is 4.62. The van der Waals surface area contributed by atoms with Gasteiger partial charge in [-0.05, 0) is 37.9 Å². The third kappa shape index (κ3) is 2.69. The molecule has 1 aliphatic rings. The predicted octanol–water partition coefficient (Wildman–Crippen LogP) is 1.58. The Morgan fingerprint density at radius 3 is 3.00 bits per heavy atom. The highest BCUT2D eigenvalue weighted by Gasteiger charge is 2.16. The molecule has 0 spiro atoms. The molecule has 0 aromatic carbocycles. The number of pyridine rings is 1. The van der Waals surface area contributed by atoms with Crippen LogP contribution in [0.4, 0.5) is 5.82 Å². The topological polar surface area (TPSA) is 28.2 Å². The summed E-state index contributed by atoms with van der Waals surface area (Å²) in [4.78, 5) is 6.64. The SMILES string of the molecule is Cc1ccc(N(C)CC2CCCN2)nc1. The normalized spacial score (nSPS) is 20.5. The first-order valence-electron chi connectivity index (χ1n) is 5.63. The van der Waals surface area contributed by atoms with Crippen molar-refractivity contribution in [3.05, 3.63) is 23.9 Å². The Hall–Kier alpha value is -1.09. The van der Waals surface area contributed by atoms with Gasteiger partial charge < -0.3 is 10.2 Å². The number of hydrogen-bond acceptors (Lipinski definition) is 3. The van der Waals surface area contributed by atoms with Gasteiger partial charge in [-0.15, -0.1) is 0 Å². The highest BCUT2D eigenvalue weighted by molar-refractivity contribution is 5.38. The molecular formula is C12H19N3. The number of hydrogen-bond donors (Lipinski definition) is 1. The molecule has 1 saturated heterocycles. The highest BCUT2D eigenvalue weighted by Crippen LogP contribution is 2.12. The largest absolute Gasteiger partial charge is 0.358 e. The quantitative estimate of drug-likeness (QED) is 0.812. The second-order valence-corrected chi connectivity index (χ2v) is 4.37. The van der Waals surface area contributed by atoms with Crippen LogP contribution in [0, 0.1) is 6.92 Å². The van der Waals surface area contributed by atoms with Gasteiger partial charge in [-0.3, -0.25) is 0 Å². The van der Waals surface area contributed by atoms with Crippen LogP contribution in [0.5, 0.6) is 0 Å². The van der Waals surface area contributed by atoms with Gasteiger partial charge in [0.25, 0.3) is 0 Å². The van der Waals surface area contributed by atoms with Crippen molar-refractivity contribution in [1.29, 1.82) is 0 Å². The summed E-state index contributed by atoms with van der Waals surface area (Å²) >= 11 is 0. The molecule has 0 saturated carbocycles. The number of aromatic nitrogens is 1. The molecule has 1 aromatic heterocycles. The fourth-order valence-corrected chi connectivity index (χ4v) is 2.02. The lowest BCUT2D eigenvalue weighted by Gasteiger charge is -2.22. The number of aryl methyl sites for hydroxylation is 1.